The van der Waals surface area contributed by atoms with Crippen LogP contribution in [-0.4, -0.2) is 33.8 Å². The van der Waals surface area contributed by atoms with Crippen molar-refractivity contribution in [2.24, 2.45) is 0 Å². The van der Waals surface area contributed by atoms with E-state index < -0.39 is 23.7 Å². The van der Waals surface area contributed by atoms with Crippen molar-refractivity contribution in [1.82, 2.24) is 10.3 Å². The summed E-state index contributed by atoms with van der Waals surface area (Å²) in [5.74, 6) is -0.972. The van der Waals surface area contributed by atoms with E-state index in [1.807, 2.05) is 0 Å². The number of pyridine rings is 1. The molecule has 1 heterocycles. The van der Waals surface area contributed by atoms with Gasteiger partial charge in [0.1, 0.15) is 5.60 Å². The van der Waals surface area contributed by atoms with E-state index in [9.17, 15) is 9.59 Å². The van der Waals surface area contributed by atoms with Gasteiger partial charge in [0, 0.05) is 18.4 Å². The van der Waals surface area contributed by atoms with Crippen molar-refractivity contribution < 1.29 is 19.4 Å². The van der Waals surface area contributed by atoms with E-state index in [0.717, 1.165) is 5.56 Å². The van der Waals surface area contributed by atoms with Crippen LogP contribution in [0.3, 0.4) is 0 Å². The Balaban J connectivity index is 2.65. The standard InChI is InChI=1S/C14H20N2O4/c1-14(2,3)20-13(19)16-11(9-12(17)18)8-10-4-6-15-7-5-10/h4-7,11H,8-9H2,1-3H3,(H,16,19)(H,17,18)/t11-/m1/s1. The first-order valence-corrected chi connectivity index (χ1v) is 6.36. The molecule has 6 heteroatoms. The second-order valence-electron chi connectivity index (χ2n) is 5.50. The normalized spacial score (nSPS) is 12.6. The van der Waals surface area contributed by atoms with E-state index in [2.05, 4.69) is 10.3 Å². The summed E-state index contributed by atoms with van der Waals surface area (Å²) in [6, 6.07) is 3.04. The van der Waals surface area contributed by atoms with Crippen LogP contribution in [0.4, 0.5) is 4.79 Å². The summed E-state index contributed by atoms with van der Waals surface area (Å²) in [6.45, 7) is 5.25. The summed E-state index contributed by atoms with van der Waals surface area (Å²) in [7, 11) is 0. The molecule has 1 amide bonds. The molecule has 0 radical (unpaired) electrons. The van der Waals surface area contributed by atoms with E-state index in [0.29, 0.717) is 6.42 Å². The van der Waals surface area contributed by atoms with Crippen LogP contribution in [0, 0.1) is 0 Å². The second kappa shape index (κ2) is 6.88. The summed E-state index contributed by atoms with van der Waals surface area (Å²) >= 11 is 0. The van der Waals surface area contributed by atoms with E-state index in [1.165, 1.54) is 0 Å². The zero-order valence-corrected chi connectivity index (χ0v) is 11.9. The molecule has 1 aromatic heterocycles. The monoisotopic (exact) mass is 280 g/mol. The second-order valence-corrected chi connectivity index (χ2v) is 5.50. The Hall–Kier alpha value is -2.11. The quantitative estimate of drug-likeness (QED) is 0.861. The lowest BCUT2D eigenvalue weighted by Gasteiger charge is -2.23. The lowest BCUT2D eigenvalue weighted by molar-refractivity contribution is -0.137. The zero-order valence-electron chi connectivity index (χ0n) is 11.9. The Morgan fingerprint density at radius 2 is 1.95 bits per heavy atom. The molecule has 0 aliphatic carbocycles. The predicted octanol–water partition coefficient (Wildman–Crippen LogP) is 1.99. The maximum Gasteiger partial charge on any atom is 0.407 e. The first-order valence-electron chi connectivity index (χ1n) is 6.36. The van der Waals surface area contributed by atoms with E-state index >= 15 is 0 Å². The van der Waals surface area contributed by atoms with Gasteiger partial charge < -0.3 is 15.2 Å². The van der Waals surface area contributed by atoms with Gasteiger partial charge in [0.25, 0.3) is 0 Å². The number of hydrogen-bond acceptors (Lipinski definition) is 4. The number of rotatable bonds is 5. The first kappa shape index (κ1) is 15.9. The minimum absolute atomic E-state index is 0.165. The van der Waals surface area contributed by atoms with Gasteiger partial charge in [-0.3, -0.25) is 9.78 Å². The topological polar surface area (TPSA) is 88.5 Å². The average molecular weight is 280 g/mol. The van der Waals surface area contributed by atoms with Crippen LogP contribution in [-0.2, 0) is 16.0 Å². The molecule has 1 atom stereocenters. The Morgan fingerprint density at radius 1 is 1.35 bits per heavy atom. The molecule has 0 spiro atoms. The molecule has 0 saturated heterocycles. The number of amides is 1. The molecule has 0 unspecified atom stereocenters. The SMILES string of the molecule is CC(C)(C)OC(=O)N[C@@H](CC(=O)O)Cc1ccncc1. The Bertz CT molecular complexity index is 454. The van der Waals surface area contributed by atoms with E-state index in [-0.39, 0.29) is 6.42 Å². The molecule has 0 aliphatic rings. The molecule has 0 saturated carbocycles. The summed E-state index contributed by atoms with van der Waals surface area (Å²) in [5.41, 5.74) is 0.288. The lowest BCUT2D eigenvalue weighted by Crippen LogP contribution is -2.41. The number of alkyl carbamates (subject to hydrolysis) is 1. The third kappa shape index (κ3) is 6.72. The molecule has 1 rings (SSSR count). The van der Waals surface area contributed by atoms with Crippen molar-refractivity contribution in [3.05, 3.63) is 30.1 Å². The highest BCUT2D eigenvalue weighted by molar-refractivity contribution is 5.71. The summed E-state index contributed by atoms with van der Waals surface area (Å²) in [5, 5.41) is 11.5. The van der Waals surface area contributed by atoms with Gasteiger partial charge in [-0.25, -0.2) is 4.79 Å². The van der Waals surface area contributed by atoms with Crippen LogP contribution in [0.2, 0.25) is 0 Å². The Kier molecular flexibility index (Phi) is 5.49. The van der Waals surface area contributed by atoms with Gasteiger partial charge in [0.15, 0.2) is 0 Å². The third-order valence-corrected chi connectivity index (χ3v) is 2.37. The summed E-state index contributed by atoms with van der Waals surface area (Å²) in [4.78, 5) is 26.5. The summed E-state index contributed by atoms with van der Waals surface area (Å²) in [6.07, 6.45) is 2.88. The lowest BCUT2D eigenvalue weighted by atomic mass is 10.0. The molecule has 0 aliphatic heterocycles. The van der Waals surface area contributed by atoms with Gasteiger partial charge >= 0.3 is 12.1 Å². The number of carbonyl (C=O) groups excluding carboxylic acids is 1. The molecule has 0 fully saturated rings. The van der Waals surface area contributed by atoms with Gasteiger partial charge in [-0.2, -0.15) is 0 Å². The smallest absolute Gasteiger partial charge is 0.407 e. The number of aliphatic carboxylic acids is 1. The molecule has 6 nitrogen and oxygen atoms in total. The van der Waals surface area contributed by atoms with Crippen LogP contribution in [0.15, 0.2) is 24.5 Å². The van der Waals surface area contributed by atoms with Gasteiger partial charge in [-0.15, -0.1) is 0 Å². The maximum atomic E-state index is 11.7. The van der Waals surface area contributed by atoms with Crippen LogP contribution < -0.4 is 5.32 Å². The van der Waals surface area contributed by atoms with Crippen LogP contribution in [0.25, 0.3) is 0 Å². The molecule has 0 bridgehead atoms. The van der Waals surface area contributed by atoms with Crippen molar-refractivity contribution in [2.75, 3.05) is 0 Å². The number of carboxylic acids is 1. The maximum absolute atomic E-state index is 11.7. The highest BCUT2D eigenvalue weighted by Crippen LogP contribution is 2.09. The van der Waals surface area contributed by atoms with Gasteiger partial charge in [0.2, 0.25) is 0 Å². The number of aromatic nitrogens is 1. The molecule has 20 heavy (non-hydrogen) atoms. The molecule has 1 aromatic rings. The van der Waals surface area contributed by atoms with E-state index in [1.54, 1.807) is 45.3 Å². The molecule has 110 valence electrons. The van der Waals surface area contributed by atoms with Crippen LogP contribution in [0.5, 0.6) is 0 Å². The van der Waals surface area contributed by atoms with Crippen LogP contribution >= 0.6 is 0 Å². The number of hydrogen-bond donors (Lipinski definition) is 2. The number of carbonyl (C=O) groups is 2. The van der Waals surface area contributed by atoms with Crippen molar-refractivity contribution >= 4 is 12.1 Å². The fourth-order valence-electron chi connectivity index (χ4n) is 1.66. The number of nitrogens with zero attached hydrogens (tertiary/aromatic N) is 1. The minimum atomic E-state index is -0.972. The molecule has 0 aromatic carbocycles. The highest BCUT2D eigenvalue weighted by Gasteiger charge is 2.21. The summed E-state index contributed by atoms with van der Waals surface area (Å²) < 4.78 is 5.13. The average Bonchev–Trinajstić information content (AvgIpc) is 2.26. The Labute approximate surface area is 118 Å². The van der Waals surface area contributed by atoms with Crippen molar-refractivity contribution in [3.63, 3.8) is 0 Å². The predicted molar refractivity (Wildman–Crippen MR) is 73.4 cm³/mol. The zero-order chi connectivity index (χ0) is 15.2. The third-order valence-electron chi connectivity index (χ3n) is 2.37. The minimum Gasteiger partial charge on any atom is -0.481 e. The highest BCUT2D eigenvalue weighted by atomic mass is 16.6. The van der Waals surface area contributed by atoms with Crippen molar-refractivity contribution in [3.8, 4) is 0 Å². The molecular formula is C14H20N2O4. The first-order chi connectivity index (χ1) is 9.26. The fraction of sp³-hybridized carbons (Fsp3) is 0.500. The van der Waals surface area contributed by atoms with Crippen molar-refractivity contribution in [1.29, 1.82) is 0 Å². The molecule has 2 N–H and O–H groups in total. The van der Waals surface area contributed by atoms with Crippen molar-refractivity contribution in [2.45, 2.75) is 45.3 Å². The number of ether oxygens (including phenoxy) is 1. The largest absolute Gasteiger partial charge is 0.481 e. The number of nitrogens with one attached hydrogen (secondary N) is 1. The number of carboxylic acid groups (broad SMARTS) is 1. The molecular weight excluding hydrogens is 260 g/mol. The van der Waals surface area contributed by atoms with Crippen LogP contribution in [0.1, 0.15) is 32.8 Å². The van der Waals surface area contributed by atoms with E-state index in [4.69, 9.17) is 9.84 Å². The fourth-order valence-corrected chi connectivity index (χ4v) is 1.66. The van der Waals surface area contributed by atoms with Gasteiger partial charge in [-0.05, 0) is 44.9 Å². The van der Waals surface area contributed by atoms with Gasteiger partial charge in [-0.1, -0.05) is 0 Å². The van der Waals surface area contributed by atoms with Gasteiger partial charge in [0.05, 0.1) is 6.42 Å². The Morgan fingerprint density at radius 3 is 2.45 bits per heavy atom.